The molecular weight excluding hydrogens is 482 g/mol. The number of hydrogen-bond donors (Lipinski definition) is 3. The van der Waals surface area contributed by atoms with E-state index in [1.54, 1.807) is 32.9 Å². The van der Waals surface area contributed by atoms with Gasteiger partial charge in [0.15, 0.2) is 0 Å². The van der Waals surface area contributed by atoms with E-state index in [2.05, 4.69) is 15.6 Å². The van der Waals surface area contributed by atoms with Gasteiger partial charge in [0.25, 0.3) is 5.91 Å². The van der Waals surface area contributed by atoms with Crippen molar-refractivity contribution in [3.8, 4) is 0 Å². The third-order valence-corrected chi connectivity index (χ3v) is 6.91. The van der Waals surface area contributed by atoms with Crippen molar-refractivity contribution in [2.45, 2.75) is 30.6 Å². The number of H-pyrrole nitrogens is 1. The molecule has 11 heteroatoms. The summed E-state index contributed by atoms with van der Waals surface area (Å²) in [5.74, 6) is -2.06. The lowest BCUT2D eigenvalue weighted by Crippen LogP contribution is -2.39. The lowest BCUT2D eigenvalue weighted by molar-refractivity contribution is -0.143. The van der Waals surface area contributed by atoms with Gasteiger partial charge in [0.05, 0.1) is 18.0 Å². The number of fused-ring (bicyclic) bond motifs is 1. The van der Waals surface area contributed by atoms with Gasteiger partial charge in [0.1, 0.15) is 17.1 Å². The molecule has 3 rings (SSSR count). The van der Waals surface area contributed by atoms with Crippen LogP contribution in [0.3, 0.4) is 0 Å². The molecule has 180 valence electrons. The minimum absolute atomic E-state index is 0.0344. The standard InChI is InChI=1S/C23H24ClN3O6S/c1-4-33-20(29)12-25-19(28)11-26-23(30)21-22(17-10-15(24)5-6-18(17)27-21)34(31,32)16-8-13(2)7-14(3)9-16/h5-10,27H,4,11-12H2,1-3H3,(H,25,28)(H,26,30). The van der Waals surface area contributed by atoms with Crippen LogP contribution in [0.15, 0.2) is 46.2 Å². The number of rotatable bonds is 8. The molecule has 0 unspecified atom stereocenters. The Morgan fingerprint density at radius 1 is 1.00 bits per heavy atom. The molecular formula is C23H24ClN3O6S. The van der Waals surface area contributed by atoms with Crippen LogP contribution in [-0.2, 0) is 24.2 Å². The normalized spacial score (nSPS) is 11.3. The van der Waals surface area contributed by atoms with E-state index in [-0.39, 0.29) is 34.0 Å². The second-order valence-electron chi connectivity index (χ2n) is 7.61. The summed E-state index contributed by atoms with van der Waals surface area (Å²) in [6, 6.07) is 9.49. The lowest BCUT2D eigenvalue weighted by Gasteiger charge is -2.10. The highest BCUT2D eigenvalue weighted by Gasteiger charge is 2.30. The van der Waals surface area contributed by atoms with Crippen LogP contribution in [-0.4, -0.2) is 50.9 Å². The Balaban J connectivity index is 1.95. The molecule has 9 nitrogen and oxygen atoms in total. The minimum Gasteiger partial charge on any atom is -0.465 e. The maximum absolute atomic E-state index is 13.7. The largest absolute Gasteiger partial charge is 0.465 e. The first kappa shape index (κ1) is 25.3. The highest BCUT2D eigenvalue weighted by atomic mass is 35.5. The molecule has 0 saturated heterocycles. The van der Waals surface area contributed by atoms with E-state index >= 15 is 0 Å². The highest BCUT2D eigenvalue weighted by molar-refractivity contribution is 7.91. The van der Waals surface area contributed by atoms with Crippen molar-refractivity contribution in [3.63, 3.8) is 0 Å². The first-order valence-electron chi connectivity index (χ1n) is 10.4. The number of benzene rings is 2. The molecule has 1 heterocycles. The van der Waals surface area contributed by atoms with Crippen molar-refractivity contribution < 1.29 is 27.5 Å². The van der Waals surface area contributed by atoms with Gasteiger partial charge in [-0.15, -0.1) is 0 Å². The van der Waals surface area contributed by atoms with Crippen molar-refractivity contribution in [3.05, 3.63) is 58.2 Å². The SMILES string of the molecule is CCOC(=O)CNC(=O)CNC(=O)c1[nH]c2ccc(Cl)cc2c1S(=O)(=O)c1cc(C)cc(C)c1. The highest BCUT2D eigenvalue weighted by Crippen LogP contribution is 2.34. The van der Waals surface area contributed by atoms with Crippen LogP contribution in [0.1, 0.15) is 28.5 Å². The maximum Gasteiger partial charge on any atom is 0.325 e. The van der Waals surface area contributed by atoms with Gasteiger partial charge in [-0.1, -0.05) is 17.7 Å². The number of ether oxygens (including phenoxy) is 1. The fourth-order valence-corrected chi connectivity index (χ4v) is 5.44. The van der Waals surface area contributed by atoms with E-state index in [0.29, 0.717) is 10.5 Å². The molecule has 0 fully saturated rings. The van der Waals surface area contributed by atoms with Crippen LogP contribution in [0.2, 0.25) is 5.02 Å². The average molecular weight is 506 g/mol. The van der Waals surface area contributed by atoms with Crippen LogP contribution in [0, 0.1) is 13.8 Å². The summed E-state index contributed by atoms with van der Waals surface area (Å²) < 4.78 is 32.0. The predicted octanol–water partition coefficient (Wildman–Crippen LogP) is 2.68. The van der Waals surface area contributed by atoms with Crippen LogP contribution < -0.4 is 10.6 Å². The number of carbonyl (C=O) groups is 3. The van der Waals surface area contributed by atoms with Crippen molar-refractivity contribution >= 4 is 50.1 Å². The molecule has 0 aliphatic rings. The van der Waals surface area contributed by atoms with Crippen molar-refractivity contribution in [1.29, 1.82) is 0 Å². The average Bonchev–Trinajstić information content (AvgIpc) is 3.15. The number of aromatic amines is 1. The van der Waals surface area contributed by atoms with Gasteiger partial charge in [0, 0.05) is 15.9 Å². The van der Waals surface area contributed by atoms with Gasteiger partial charge >= 0.3 is 5.97 Å². The van der Waals surface area contributed by atoms with Crippen LogP contribution in [0.25, 0.3) is 10.9 Å². The van der Waals surface area contributed by atoms with E-state index < -0.39 is 34.2 Å². The Kier molecular flexibility index (Phi) is 7.63. The van der Waals surface area contributed by atoms with E-state index in [9.17, 15) is 22.8 Å². The number of carbonyl (C=O) groups excluding carboxylic acids is 3. The molecule has 1 aromatic heterocycles. The molecule has 2 aromatic carbocycles. The maximum atomic E-state index is 13.7. The second kappa shape index (κ2) is 10.3. The number of aromatic nitrogens is 1. The van der Waals surface area contributed by atoms with Gasteiger partial charge in [-0.3, -0.25) is 14.4 Å². The number of halogens is 1. The number of esters is 1. The molecule has 2 amide bonds. The van der Waals surface area contributed by atoms with Crippen molar-refractivity contribution in [2.75, 3.05) is 19.7 Å². The van der Waals surface area contributed by atoms with Crippen molar-refractivity contribution in [2.24, 2.45) is 0 Å². The Bertz CT molecular complexity index is 1360. The molecule has 0 radical (unpaired) electrons. The van der Waals surface area contributed by atoms with Crippen LogP contribution >= 0.6 is 11.6 Å². The Labute approximate surface area is 201 Å². The van der Waals surface area contributed by atoms with Crippen LogP contribution in [0.4, 0.5) is 0 Å². The molecule has 0 bridgehead atoms. The zero-order valence-corrected chi connectivity index (χ0v) is 20.4. The molecule has 3 aromatic rings. The number of sulfone groups is 1. The summed E-state index contributed by atoms with van der Waals surface area (Å²) >= 11 is 6.11. The summed E-state index contributed by atoms with van der Waals surface area (Å²) in [5, 5.41) is 5.26. The van der Waals surface area contributed by atoms with E-state index in [1.165, 1.54) is 18.2 Å². The monoisotopic (exact) mass is 505 g/mol. The third kappa shape index (κ3) is 5.57. The molecule has 3 N–H and O–H groups in total. The van der Waals surface area contributed by atoms with Gasteiger partial charge in [-0.25, -0.2) is 8.42 Å². The zero-order valence-electron chi connectivity index (χ0n) is 18.8. The van der Waals surface area contributed by atoms with Gasteiger partial charge in [0.2, 0.25) is 15.7 Å². The molecule has 34 heavy (non-hydrogen) atoms. The van der Waals surface area contributed by atoms with E-state index in [4.69, 9.17) is 16.3 Å². The lowest BCUT2D eigenvalue weighted by atomic mass is 10.2. The summed E-state index contributed by atoms with van der Waals surface area (Å²) in [6.07, 6.45) is 0. The number of hydrogen-bond acceptors (Lipinski definition) is 6. The summed E-state index contributed by atoms with van der Waals surface area (Å²) in [5.41, 5.74) is 1.67. The Morgan fingerprint density at radius 2 is 1.68 bits per heavy atom. The summed E-state index contributed by atoms with van der Waals surface area (Å²) in [7, 11) is -4.14. The number of nitrogens with one attached hydrogen (secondary N) is 3. The molecule has 0 aliphatic heterocycles. The quantitative estimate of drug-likeness (QED) is 0.403. The molecule has 0 spiro atoms. The first-order chi connectivity index (χ1) is 16.0. The van der Waals surface area contributed by atoms with Gasteiger partial charge < -0.3 is 20.4 Å². The molecule has 0 aliphatic carbocycles. The fourth-order valence-electron chi connectivity index (χ4n) is 3.48. The predicted molar refractivity (Wildman–Crippen MR) is 127 cm³/mol. The third-order valence-electron chi connectivity index (χ3n) is 4.86. The van der Waals surface area contributed by atoms with Gasteiger partial charge in [-0.05, 0) is 62.2 Å². The van der Waals surface area contributed by atoms with Crippen LogP contribution in [0.5, 0.6) is 0 Å². The topological polar surface area (TPSA) is 134 Å². The zero-order chi connectivity index (χ0) is 25.0. The smallest absolute Gasteiger partial charge is 0.325 e. The molecule has 0 atom stereocenters. The number of aryl methyl sites for hydroxylation is 2. The Hall–Kier alpha value is -3.37. The molecule has 0 saturated carbocycles. The summed E-state index contributed by atoms with van der Waals surface area (Å²) in [6.45, 7) is 4.54. The van der Waals surface area contributed by atoms with Crippen molar-refractivity contribution in [1.82, 2.24) is 15.6 Å². The first-order valence-corrected chi connectivity index (χ1v) is 12.2. The number of amides is 2. The summed E-state index contributed by atoms with van der Waals surface area (Å²) in [4.78, 5) is 39.0. The Morgan fingerprint density at radius 3 is 2.32 bits per heavy atom. The van der Waals surface area contributed by atoms with E-state index in [1.807, 2.05) is 6.07 Å². The van der Waals surface area contributed by atoms with E-state index in [0.717, 1.165) is 11.1 Å². The van der Waals surface area contributed by atoms with Gasteiger partial charge in [-0.2, -0.15) is 0 Å². The second-order valence-corrected chi connectivity index (χ2v) is 9.93. The minimum atomic E-state index is -4.14. The fraction of sp³-hybridized carbons (Fsp3) is 0.261.